The van der Waals surface area contributed by atoms with Gasteiger partial charge in [-0.25, -0.2) is 0 Å². The third-order valence-corrected chi connectivity index (χ3v) is 15.2. The minimum atomic E-state index is -2.53. The topological polar surface area (TPSA) is 29.5 Å². The Labute approximate surface area is 218 Å². The van der Waals surface area contributed by atoms with Crippen molar-refractivity contribution in [3.05, 3.63) is 75.6 Å². The molecule has 0 N–H and O–H groups in total. The van der Waals surface area contributed by atoms with Crippen molar-refractivity contribution >= 4 is 34.4 Å². The van der Waals surface area contributed by atoms with Crippen LogP contribution in [0.5, 0.6) is 0 Å². The SMILES string of the molecule is CC[Si](CC)(CC)O[C@@H](c1ccc(Br)cc1)[C@H](/C=C(\C)[S+](=O)(c1ccccc1)N(C)C)C(C)C. The minimum Gasteiger partial charge on any atom is -0.409 e. The average Bonchev–Trinajstić information content (AvgIpc) is 2.84. The molecule has 0 spiro atoms. The Balaban J connectivity index is 2.66. The van der Waals surface area contributed by atoms with Crippen LogP contribution in [0.3, 0.4) is 0 Å². The molecule has 3 nitrogen and oxygen atoms in total. The summed E-state index contributed by atoms with van der Waals surface area (Å²) in [5.74, 6) is 0.421. The van der Waals surface area contributed by atoms with Crippen LogP contribution in [0.4, 0.5) is 0 Å². The summed E-state index contributed by atoms with van der Waals surface area (Å²) in [6.07, 6.45) is 2.17. The summed E-state index contributed by atoms with van der Waals surface area (Å²) in [5, 5.41) is 0. The molecule has 6 heteroatoms. The van der Waals surface area contributed by atoms with Gasteiger partial charge in [0, 0.05) is 31.4 Å². The molecule has 0 aromatic heterocycles. The largest absolute Gasteiger partial charge is 0.409 e. The zero-order valence-electron chi connectivity index (χ0n) is 22.2. The highest BCUT2D eigenvalue weighted by Gasteiger charge is 2.41. The van der Waals surface area contributed by atoms with Gasteiger partial charge in [-0.3, -0.25) is 0 Å². The lowest BCUT2D eigenvalue weighted by Gasteiger charge is -2.38. The summed E-state index contributed by atoms with van der Waals surface area (Å²) in [5.41, 5.74) is 1.19. The number of rotatable bonds is 12. The number of hydrogen-bond donors (Lipinski definition) is 0. The fourth-order valence-electron chi connectivity index (χ4n) is 4.57. The predicted octanol–water partition coefficient (Wildman–Crippen LogP) is 8.72. The van der Waals surface area contributed by atoms with Gasteiger partial charge in [0.15, 0.2) is 18.1 Å². The van der Waals surface area contributed by atoms with Crippen LogP contribution in [0.15, 0.2) is 74.9 Å². The van der Waals surface area contributed by atoms with Gasteiger partial charge in [-0.2, -0.15) is 0 Å². The van der Waals surface area contributed by atoms with Crippen molar-refractivity contribution in [2.24, 2.45) is 11.8 Å². The van der Waals surface area contributed by atoms with E-state index in [1.165, 1.54) is 5.56 Å². The Hall–Kier alpha value is -1.05. The Bertz CT molecular complexity index is 963. The van der Waals surface area contributed by atoms with E-state index in [1.54, 1.807) is 0 Å². The summed E-state index contributed by atoms with van der Waals surface area (Å²) >= 11 is 3.58. The quantitative estimate of drug-likeness (QED) is 0.190. The molecule has 0 bridgehead atoms. The van der Waals surface area contributed by atoms with E-state index < -0.39 is 18.4 Å². The fourth-order valence-corrected chi connectivity index (χ4v) is 9.91. The first kappa shape index (κ1) is 29.2. The highest BCUT2D eigenvalue weighted by Crippen LogP contribution is 2.41. The maximum atomic E-state index is 14.4. The molecule has 0 aliphatic rings. The van der Waals surface area contributed by atoms with Crippen molar-refractivity contribution in [1.82, 2.24) is 4.31 Å². The van der Waals surface area contributed by atoms with Crippen molar-refractivity contribution in [2.75, 3.05) is 14.1 Å². The molecule has 2 rings (SSSR count). The second-order valence-corrected chi connectivity index (χ2v) is 18.1. The lowest BCUT2D eigenvalue weighted by atomic mass is 9.86. The summed E-state index contributed by atoms with van der Waals surface area (Å²) in [6.45, 7) is 13.3. The maximum absolute atomic E-state index is 14.4. The maximum Gasteiger partial charge on any atom is 0.218 e. The van der Waals surface area contributed by atoms with E-state index in [-0.39, 0.29) is 12.0 Å². The second-order valence-electron chi connectivity index (χ2n) is 9.58. The molecule has 34 heavy (non-hydrogen) atoms. The van der Waals surface area contributed by atoms with Crippen molar-refractivity contribution in [2.45, 2.75) is 70.7 Å². The summed E-state index contributed by atoms with van der Waals surface area (Å²) < 4.78 is 24.5. The first-order chi connectivity index (χ1) is 16.0. The van der Waals surface area contributed by atoms with Crippen molar-refractivity contribution in [1.29, 1.82) is 0 Å². The van der Waals surface area contributed by atoms with Gasteiger partial charge in [0.05, 0.1) is 6.10 Å². The summed E-state index contributed by atoms with van der Waals surface area (Å²) in [4.78, 5) is 1.74. The van der Waals surface area contributed by atoms with Gasteiger partial charge in [0.1, 0.15) is 0 Å². The normalized spacial score (nSPS) is 16.5. The van der Waals surface area contributed by atoms with Gasteiger partial charge in [-0.15, -0.1) is 4.31 Å². The predicted molar refractivity (Wildman–Crippen MR) is 154 cm³/mol. The number of allylic oxidation sites excluding steroid dienone is 1. The molecule has 0 saturated carbocycles. The van der Waals surface area contributed by atoms with E-state index in [0.29, 0.717) is 5.92 Å². The Morgan fingerprint density at radius 3 is 1.97 bits per heavy atom. The van der Waals surface area contributed by atoms with Crippen molar-refractivity contribution < 1.29 is 8.63 Å². The first-order valence-electron chi connectivity index (χ1n) is 12.4. The van der Waals surface area contributed by atoms with E-state index in [0.717, 1.165) is 32.4 Å². The Kier molecular flexibility index (Phi) is 11.0. The summed E-state index contributed by atoms with van der Waals surface area (Å²) in [6, 6.07) is 21.7. The number of halogens is 1. The molecule has 0 radical (unpaired) electrons. The van der Waals surface area contributed by atoms with Gasteiger partial charge >= 0.3 is 0 Å². The van der Waals surface area contributed by atoms with Crippen LogP contribution in [0.2, 0.25) is 18.1 Å². The third-order valence-electron chi connectivity index (χ3n) is 7.07. The van der Waals surface area contributed by atoms with E-state index in [2.05, 4.69) is 80.9 Å². The number of benzene rings is 2. The molecule has 2 aromatic rings. The molecular weight excluding hydrogens is 522 g/mol. The Morgan fingerprint density at radius 1 is 1.00 bits per heavy atom. The molecule has 0 heterocycles. The third kappa shape index (κ3) is 6.58. The highest BCUT2D eigenvalue weighted by atomic mass is 79.9. The molecule has 0 aliphatic carbocycles. The fraction of sp³-hybridized carbons (Fsp3) is 0.500. The average molecular weight is 566 g/mol. The lowest BCUT2D eigenvalue weighted by Crippen LogP contribution is -2.40. The van der Waals surface area contributed by atoms with Crippen LogP contribution in [0.25, 0.3) is 0 Å². The molecule has 2 aromatic carbocycles. The molecular formula is C28H43BrNO2SSi+. The minimum absolute atomic E-state index is 0.0730. The van der Waals surface area contributed by atoms with Crippen LogP contribution in [0.1, 0.15) is 53.2 Å². The molecule has 3 atom stereocenters. The van der Waals surface area contributed by atoms with Crippen molar-refractivity contribution in [3.63, 3.8) is 0 Å². The molecule has 0 aliphatic heterocycles. The molecule has 188 valence electrons. The molecule has 0 amide bonds. The number of hydrogen-bond acceptors (Lipinski definition) is 2. The lowest BCUT2D eigenvalue weighted by molar-refractivity contribution is 0.120. The van der Waals surface area contributed by atoms with Crippen LogP contribution in [-0.4, -0.2) is 26.7 Å². The summed E-state index contributed by atoms with van der Waals surface area (Å²) in [7, 11) is -0.611. The number of nitrogens with zero attached hydrogens (tertiary/aromatic N) is 1. The molecule has 0 fully saturated rings. The Morgan fingerprint density at radius 2 is 1.53 bits per heavy atom. The highest BCUT2D eigenvalue weighted by molar-refractivity contribution is 9.10. The van der Waals surface area contributed by atoms with E-state index in [4.69, 9.17) is 4.43 Å². The zero-order chi connectivity index (χ0) is 25.5. The van der Waals surface area contributed by atoms with Gasteiger partial charge in [0.2, 0.25) is 10.1 Å². The van der Waals surface area contributed by atoms with Crippen LogP contribution >= 0.6 is 15.9 Å². The van der Waals surface area contributed by atoms with Gasteiger partial charge in [0.25, 0.3) is 0 Å². The zero-order valence-corrected chi connectivity index (χ0v) is 25.6. The van der Waals surface area contributed by atoms with Crippen molar-refractivity contribution in [3.8, 4) is 0 Å². The molecule has 1 unspecified atom stereocenters. The van der Waals surface area contributed by atoms with Crippen LogP contribution < -0.4 is 0 Å². The van der Waals surface area contributed by atoms with Gasteiger partial charge in [-0.05, 0) is 60.0 Å². The van der Waals surface area contributed by atoms with E-state index in [1.807, 2.05) is 55.7 Å². The van der Waals surface area contributed by atoms with Crippen LogP contribution in [0, 0.1) is 11.8 Å². The van der Waals surface area contributed by atoms with E-state index >= 15 is 0 Å². The monoisotopic (exact) mass is 564 g/mol. The first-order valence-corrected chi connectivity index (χ1v) is 17.3. The second kappa shape index (κ2) is 12.8. The van der Waals surface area contributed by atoms with Gasteiger partial charge < -0.3 is 4.43 Å². The smallest absolute Gasteiger partial charge is 0.218 e. The standard InChI is InChI=1S/C28H43BrNO2SSi/c1-9-34(10-2,11-3)32-28(24-17-19-25(29)20-18-24)27(22(4)5)21-23(6)33(31,30(7)8)26-15-13-12-14-16-26/h12-22,27-28H,9-11H2,1-8H3/q+1/b23-21+/t27-,28+,33?/m1/s1. The molecule has 0 saturated heterocycles. The van der Waals surface area contributed by atoms with Crippen LogP contribution in [-0.2, 0) is 18.8 Å². The van der Waals surface area contributed by atoms with E-state index in [9.17, 15) is 4.21 Å². The van der Waals surface area contributed by atoms with Gasteiger partial charge in [-0.1, -0.05) is 85.1 Å².